The van der Waals surface area contributed by atoms with Gasteiger partial charge in [0.25, 0.3) is 0 Å². The first-order chi connectivity index (χ1) is 19.2. The van der Waals surface area contributed by atoms with Crippen molar-refractivity contribution >= 4 is 24.2 Å². The molecule has 0 heterocycles. The highest BCUT2D eigenvalue weighted by molar-refractivity contribution is 7.96. The number of aldehydes is 1. The Bertz CT molecular complexity index is 511. The molecule has 0 fully saturated rings. The van der Waals surface area contributed by atoms with Crippen molar-refractivity contribution in [3.8, 4) is 0 Å². The average Bonchev–Trinajstić information content (AvgIpc) is 2.93. The van der Waals surface area contributed by atoms with Gasteiger partial charge in [0.15, 0.2) is 0 Å². The lowest BCUT2D eigenvalue weighted by Crippen LogP contribution is -2.28. The zero-order chi connectivity index (χ0) is 28.7. The van der Waals surface area contributed by atoms with Gasteiger partial charge in [-0.2, -0.15) is 0 Å². The molecule has 39 heavy (non-hydrogen) atoms. The van der Waals surface area contributed by atoms with Crippen molar-refractivity contribution < 1.29 is 14.3 Å². The van der Waals surface area contributed by atoms with Gasteiger partial charge >= 0.3 is 5.97 Å². The summed E-state index contributed by atoms with van der Waals surface area (Å²) in [4.78, 5) is 25.3. The molecular weight excluding hydrogens is 504 g/mol. The van der Waals surface area contributed by atoms with Crippen molar-refractivity contribution in [3.05, 3.63) is 0 Å². The summed E-state index contributed by atoms with van der Waals surface area (Å²) in [6, 6.07) is 0. The van der Waals surface area contributed by atoms with E-state index in [0.29, 0.717) is 19.4 Å². The fourth-order valence-corrected chi connectivity index (χ4v) is 5.60. The zero-order valence-corrected chi connectivity index (χ0v) is 27.1. The van der Waals surface area contributed by atoms with Crippen LogP contribution in [0.2, 0.25) is 0 Å². The normalized spacial score (nSPS) is 11.5. The van der Waals surface area contributed by atoms with Gasteiger partial charge in [-0.05, 0) is 70.3 Å². The summed E-state index contributed by atoms with van der Waals surface area (Å²) in [6.07, 6.45) is 28.9. The van der Waals surface area contributed by atoms with Gasteiger partial charge in [0.2, 0.25) is 0 Å². The fourth-order valence-electron chi connectivity index (χ4n) is 5.25. The van der Waals surface area contributed by atoms with Crippen molar-refractivity contribution in [2.24, 2.45) is 5.92 Å². The summed E-state index contributed by atoms with van der Waals surface area (Å²) < 4.78 is 8.97. The highest BCUT2D eigenvalue weighted by Crippen LogP contribution is 2.21. The molecule has 0 atom stereocenters. The largest absolute Gasteiger partial charge is 0.466 e. The predicted molar refractivity (Wildman–Crippen MR) is 171 cm³/mol. The molecular formula is C33H66N2O3S. The van der Waals surface area contributed by atoms with Crippen molar-refractivity contribution in [2.75, 3.05) is 39.0 Å². The molecule has 6 heteroatoms. The van der Waals surface area contributed by atoms with E-state index in [-0.39, 0.29) is 5.97 Å². The third-order valence-electron chi connectivity index (χ3n) is 7.77. The second kappa shape index (κ2) is 31.9. The van der Waals surface area contributed by atoms with Gasteiger partial charge in [0.1, 0.15) is 6.29 Å². The molecule has 0 bridgehead atoms. The lowest BCUT2D eigenvalue weighted by Gasteiger charge is -2.22. The van der Waals surface area contributed by atoms with Crippen LogP contribution in [0.1, 0.15) is 155 Å². The standard InChI is InChI=1S/C33H66N2O3S/c1-4-6-15-22-32(23-16-7-5-2)25-31-38-33(37)24-17-11-10-13-19-28-35(29-21-26-34-39-3)27-18-12-8-9-14-20-30-36/h30,32,34H,4-29,31H2,1-3H3. The van der Waals surface area contributed by atoms with Gasteiger partial charge in [0, 0.05) is 19.4 Å². The van der Waals surface area contributed by atoms with E-state index in [1.54, 1.807) is 11.9 Å². The van der Waals surface area contributed by atoms with Crippen LogP contribution < -0.4 is 4.72 Å². The second-order valence-electron chi connectivity index (χ2n) is 11.4. The molecule has 0 radical (unpaired) electrons. The summed E-state index contributed by atoms with van der Waals surface area (Å²) in [5.74, 6) is 0.734. The molecule has 5 nitrogen and oxygen atoms in total. The molecule has 232 valence electrons. The number of unbranched alkanes of at least 4 members (excludes halogenated alkanes) is 13. The van der Waals surface area contributed by atoms with Gasteiger partial charge in [-0.1, -0.05) is 116 Å². The van der Waals surface area contributed by atoms with Crippen LogP contribution >= 0.6 is 11.9 Å². The van der Waals surface area contributed by atoms with Gasteiger partial charge in [-0.25, -0.2) is 0 Å². The van der Waals surface area contributed by atoms with Gasteiger partial charge in [-0.15, -0.1) is 0 Å². The summed E-state index contributed by atoms with van der Waals surface area (Å²) in [6.45, 7) is 9.75. The molecule has 0 rings (SSSR count). The smallest absolute Gasteiger partial charge is 0.305 e. The van der Waals surface area contributed by atoms with E-state index in [0.717, 1.165) is 44.4 Å². The minimum Gasteiger partial charge on any atom is -0.466 e. The van der Waals surface area contributed by atoms with Crippen LogP contribution in [0.5, 0.6) is 0 Å². The predicted octanol–water partition coefficient (Wildman–Crippen LogP) is 9.14. The average molecular weight is 571 g/mol. The molecule has 0 aromatic carbocycles. The minimum absolute atomic E-state index is 0.00653. The summed E-state index contributed by atoms with van der Waals surface area (Å²) in [7, 11) is 0. The van der Waals surface area contributed by atoms with Gasteiger partial charge < -0.3 is 14.4 Å². The van der Waals surface area contributed by atoms with E-state index in [2.05, 4.69) is 29.7 Å². The Balaban J connectivity index is 3.95. The number of esters is 1. The maximum atomic E-state index is 12.2. The van der Waals surface area contributed by atoms with Gasteiger partial charge in [0.05, 0.1) is 6.61 Å². The molecule has 0 aliphatic carbocycles. The van der Waals surface area contributed by atoms with Crippen molar-refractivity contribution in [3.63, 3.8) is 0 Å². The van der Waals surface area contributed by atoms with Crippen LogP contribution in [0.4, 0.5) is 0 Å². The summed E-state index contributed by atoms with van der Waals surface area (Å²) in [5, 5.41) is 0. The molecule has 0 aromatic heterocycles. The number of hydrogen-bond acceptors (Lipinski definition) is 6. The number of rotatable bonds is 32. The molecule has 0 saturated heterocycles. The lowest BCUT2D eigenvalue weighted by molar-refractivity contribution is -0.144. The first-order valence-electron chi connectivity index (χ1n) is 16.7. The third-order valence-corrected chi connectivity index (χ3v) is 8.26. The summed E-state index contributed by atoms with van der Waals surface area (Å²) in [5.41, 5.74) is 0. The number of nitrogens with one attached hydrogen (secondary N) is 1. The molecule has 0 unspecified atom stereocenters. The molecule has 0 saturated carbocycles. The third kappa shape index (κ3) is 28.7. The van der Waals surface area contributed by atoms with E-state index in [9.17, 15) is 9.59 Å². The Hall–Kier alpha value is -0.590. The molecule has 1 N–H and O–H groups in total. The van der Waals surface area contributed by atoms with E-state index < -0.39 is 0 Å². The van der Waals surface area contributed by atoms with Crippen LogP contribution in [0.25, 0.3) is 0 Å². The number of carbonyl (C=O) groups is 2. The molecule has 0 spiro atoms. The van der Waals surface area contributed by atoms with E-state index >= 15 is 0 Å². The highest BCUT2D eigenvalue weighted by Gasteiger charge is 2.11. The number of hydrogen-bond donors (Lipinski definition) is 1. The lowest BCUT2D eigenvalue weighted by atomic mass is 9.92. The Morgan fingerprint density at radius 2 is 1.31 bits per heavy atom. The fraction of sp³-hybridized carbons (Fsp3) is 0.939. The van der Waals surface area contributed by atoms with E-state index in [1.165, 1.54) is 122 Å². The Kier molecular flexibility index (Phi) is 31.4. The first kappa shape index (κ1) is 38.4. The molecule has 0 amide bonds. The van der Waals surface area contributed by atoms with Crippen LogP contribution in [0, 0.1) is 5.92 Å². The van der Waals surface area contributed by atoms with Crippen molar-refractivity contribution in [1.82, 2.24) is 9.62 Å². The van der Waals surface area contributed by atoms with Crippen LogP contribution in [0.15, 0.2) is 0 Å². The van der Waals surface area contributed by atoms with Crippen LogP contribution in [-0.2, 0) is 14.3 Å². The maximum Gasteiger partial charge on any atom is 0.305 e. The maximum absolute atomic E-state index is 12.2. The Morgan fingerprint density at radius 3 is 1.90 bits per heavy atom. The van der Waals surface area contributed by atoms with E-state index in [1.807, 2.05) is 0 Å². The number of ether oxygens (including phenoxy) is 1. The van der Waals surface area contributed by atoms with E-state index in [4.69, 9.17) is 4.74 Å². The summed E-state index contributed by atoms with van der Waals surface area (Å²) >= 11 is 1.70. The molecule has 0 aromatic rings. The second-order valence-corrected chi connectivity index (χ2v) is 12.1. The van der Waals surface area contributed by atoms with Crippen molar-refractivity contribution in [2.45, 2.75) is 155 Å². The number of carbonyl (C=O) groups excluding carboxylic acids is 2. The Morgan fingerprint density at radius 1 is 0.744 bits per heavy atom. The van der Waals surface area contributed by atoms with Gasteiger partial charge in [-0.3, -0.25) is 9.52 Å². The number of nitrogens with zero attached hydrogens (tertiary/aromatic N) is 1. The van der Waals surface area contributed by atoms with Crippen molar-refractivity contribution in [1.29, 1.82) is 0 Å². The first-order valence-corrected chi connectivity index (χ1v) is 18.0. The van der Waals surface area contributed by atoms with Crippen LogP contribution in [-0.4, -0.2) is 56.2 Å². The van der Waals surface area contributed by atoms with Crippen LogP contribution in [0.3, 0.4) is 0 Å². The zero-order valence-electron chi connectivity index (χ0n) is 26.3. The highest BCUT2D eigenvalue weighted by atomic mass is 32.2. The SMILES string of the molecule is CCCCCC(CCCCC)CCOC(=O)CCCCCCCN(CCCCCCCC=O)CCCNSC. The quantitative estimate of drug-likeness (QED) is 0.0377. The monoisotopic (exact) mass is 570 g/mol. The molecule has 0 aliphatic heterocycles. The molecule has 0 aliphatic rings. The Labute approximate surface area is 247 Å². The minimum atomic E-state index is 0.00653. The topological polar surface area (TPSA) is 58.6 Å².